The zero-order chi connectivity index (χ0) is 15.5. The van der Waals surface area contributed by atoms with E-state index in [1.54, 1.807) is 13.2 Å². The Morgan fingerprint density at radius 1 is 1.50 bits per heavy atom. The largest absolute Gasteiger partial charge is 0.385 e. The molecule has 1 atom stereocenters. The molecule has 0 aromatic carbocycles. The van der Waals surface area contributed by atoms with Crippen molar-refractivity contribution >= 4 is 5.91 Å². The summed E-state index contributed by atoms with van der Waals surface area (Å²) in [5.74, 6) is 0.572. The second-order valence-electron chi connectivity index (χ2n) is 5.82. The maximum Gasteiger partial charge on any atom is 0.292 e. The third kappa shape index (κ3) is 3.06. The fourth-order valence-electron chi connectivity index (χ4n) is 2.92. The molecule has 0 aliphatic carbocycles. The highest BCUT2D eigenvalue weighted by atomic mass is 16.5. The van der Waals surface area contributed by atoms with Crippen LogP contribution in [0.4, 0.5) is 0 Å². The van der Waals surface area contributed by atoms with Crippen LogP contribution >= 0.6 is 0 Å². The highest BCUT2D eigenvalue weighted by Gasteiger charge is 2.27. The summed E-state index contributed by atoms with van der Waals surface area (Å²) >= 11 is 0. The Kier molecular flexibility index (Phi) is 4.29. The summed E-state index contributed by atoms with van der Waals surface area (Å²) < 4.78 is 12.6. The molecule has 3 heterocycles. The average Bonchev–Trinajstić information content (AvgIpc) is 3.09. The summed E-state index contributed by atoms with van der Waals surface area (Å²) in [6.07, 6.45) is 3.00. The van der Waals surface area contributed by atoms with Crippen LogP contribution in [-0.4, -0.2) is 40.8 Å². The maximum absolute atomic E-state index is 12.7. The topological polar surface area (TPSA) is 60.5 Å². The highest BCUT2D eigenvalue weighted by Crippen LogP contribution is 2.21. The van der Waals surface area contributed by atoms with Crippen LogP contribution in [0.3, 0.4) is 0 Å². The second-order valence-corrected chi connectivity index (χ2v) is 5.82. The van der Waals surface area contributed by atoms with Gasteiger partial charge in [-0.3, -0.25) is 4.79 Å². The summed E-state index contributed by atoms with van der Waals surface area (Å²) in [4.78, 5) is 14.5. The van der Waals surface area contributed by atoms with E-state index in [0.29, 0.717) is 31.4 Å². The highest BCUT2D eigenvalue weighted by molar-refractivity contribution is 5.91. The first-order valence-electron chi connectivity index (χ1n) is 7.53. The van der Waals surface area contributed by atoms with Crippen LogP contribution in [0.15, 0.2) is 28.9 Å². The van der Waals surface area contributed by atoms with Gasteiger partial charge in [0.1, 0.15) is 0 Å². The molecule has 2 aromatic rings. The summed E-state index contributed by atoms with van der Waals surface area (Å²) in [5.41, 5.74) is 1.86. The molecule has 0 saturated heterocycles. The second kappa shape index (κ2) is 6.36. The molecule has 3 rings (SSSR count). The fraction of sp³-hybridized carbons (Fsp3) is 0.500. The maximum atomic E-state index is 12.7. The van der Waals surface area contributed by atoms with E-state index in [9.17, 15) is 4.79 Å². The van der Waals surface area contributed by atoms with E-state index in [4.69, 9.17) is 9.26 Å². The zero-order valence-corrected chi connectivity index (χ0v) is 13.0. The number of fused-ring (bicyclic) bond motifs is 1. The van der Waals surface area contributed by atoms with Gasteiger partial charge in [0.15, 0.2) is 0 Å². The van der Waals surface area contributed by atoms with E-state index in [-0.39, 0.29) is 5.91 Å². The van der Waals surface area contributed by atoms with Crippen LogP contribution in [0.2, 0.25) is 0 Å². The SMILES string of the molecule is COCCC1CN(C(=O)c2cc(C)no2)Cc2cccn2C1. The third-order valence-electron chi connectivity index (χ3n) is 4.07. The third-order valence-corrected chi connectivity index (χ3v) is 4.07. The Labute approximate surface area is 129 Å². The summed E-state index contributed by atoms with van der Waals surface area (Å²) in [5, 5.41) is 3.81. The smallest absolute Gasteiger partial charge is 0.292 e. The summed E-state index contributed by atoms with van der Waals surface area (Å²) in [6.45, 7) is 4.71. The van der Waals surface area contributed by atoms with Gasteiger partial charge in [0.05, 0.1) is 12.2 Å². The molecule has 1 amide bonds. The molecule has 0 N–H and O–H groups in total. The summed E-state index contributed by atoms with van der Waals surface area (Å²) in [6, 6.07) is 5.77. The van der Waals surface area contributed by atoms with Crippen molar-refractivity contribution in [3.63, 3.8) is 0 Å². The van der Waals surface area contributed by atoms with Gasteiger partial charge in [-0.05, 0) is 31.4 Å². The molecule has 6 heteroatoms. The normalized spacial score (nSPS) is 18.1. The number of carbonyl (C=O) groups is 1. The van der Waals surface area contributed by atoms with E-state index >= 15 is 0 Å². The van der Waals surface area contributed by atoms with Crippen LogP contribution in [0.5, 0.6) is 0 Å². The molecule has 22 heavy (non-hydrogen) atoms. The molecule has 0 saturated carbocycles. The van der Waals surface area contributed by atoms with Crippen molar-refractivity contribution in [1.29, 1.82) is 0 Å². The van der Waals surface area contributed by atoms with Crippen molar-refractivity contribution < 1.29 is 14.1 Å². The van der Waals surface area contributed by atoms with Crippen molar-refractivity contribution in [2.75, 3.05) is 20.3 Å². The molecule has 1 aliphatic heterocycles. The van der Waals surface area contributed by atoms with Crippen molar-refractivity contribution in [2.24, 2.45) is 5.92 Å². The van der Waals surface area contributed by atoms with Gasteiger partial charge in [0, 0.05) is 44.8 Å². The molecular weight excluding hydrogens is 282 g/mol. The molecule has 0 fully saturated rings. The van der Waals surface area contributed by atoms with E-state index < -0.39 is 0 Å². The number of nitrogens with zero attached hydrogens (tertiary/aromatic N) is 3. The molecule has 1 aliphatic rings. The number of rotatable bonds is 4. The van der Waals surface area contributed by atoms with E-state index in [1.807, 2.05) is 17.9 Å². The standard InChI is InChI=1S/C16H21N3O3/c1-12-8-15(22-17-12)16(20)19-10-13(5-7-21-2)9-18-6-3-4-14(18)11-19/h3-4,6,8,13H,5,7,9-11H2,1-2H3. The predicted octanol–water partition coefficient (Wildman–Crippen LogP) is 2.09. The molecule has 6 nitrogen and oxygen atoms in total. The van der Waals surface area contributed by atoms with Gasteiger partial charge in [-0.15, -0.1) is 0 Å². The number of ether oxygens (including phenoxy) is 1. The minimum atomic E-state index is -0.0994. The molecule has 2 aromatic heterocycles. The summed E-state index contributed by atoms with van der Waals surface area (Å²) in [7, 11) is 1.71. The lowest BCUT2D eigenvalue weighted by Crippen LogP contribution is -2.34. The van der Waals surface area contributed by atoms with Crippen molar-refractivity contribution in [1.82, 2.24) is 14.6 Å². The first-order chi connectivity index (χ1) is 10.7. The van der Waals surface area contributed by atoms with E-state index in [0.717, 1.165) is 24.4 Å². The Balaban J connectivity index is 1.82. The van der Waals surface area contributed by atoms with Gasteiger partial charge in [-0.1, -0.05) is 5.16 Å². The monoisotopic (exact) mass is 303 g/mol. The number of methoxy groups -OCH3 is 1. The molecule has 1 unspecified atom stereocenters. The quantitative estimate of drug-likeness (QED) is 0.868. The molecule has 0 bridgehead atoms. The van der Waals surface area contributed by atoms with Gasteiger partial charge >= 0.3 is 0 Å². The van der Waals surface area contributed by atoms with Gasteiger partial charge in [-0.2, -0.15) is 0 Å². The van der Waals surface area contributed by atoms with Crippen molar-refractivity contribution in [3.8, 4) is 0 Å². The van der Waals surface area contributed by atoms with Gasteiger partial charge in [0.25, 0.3) is 5.91 Å². The first kappa shape index (κ1) is 14.8. The van der Waals surface area contributed by atoms with Crippen LogP contribution in [-0.2, 0) is 17.8 Å². The van der Waals surface area contributed by atoms with Gasteiger partial charge in [-0.25, -0.2) is 0 Å². The first-order valence-corrected chi connectivity index (χ1v) is 7.53. The minimum Gasteiger partial charge on any atom is -0.385 e. The number of amides is 1. The molecule has 118 valence electrons. The van der Waals surface area contributed by atoms with Crippen LogP contribution in [0.1, 0.15) is 28.4 Å². The van der Waals surface area contributed by atoms with Gasteiger partial charge < -0.3 is 18.7 Å². The lowest BCUT2D eigenvalue weighted by atomic mass is 10.1. The molecule has 0 spiro atoms. The van der Waals surface area contributed by atoms with Gasteiger partial charge in [0.2, 0.25) is 5.76 Å². The average molecular weight is 303 g/mol. The Morgan fingerprint density at radius 3 is 3.09 bits per heavy atom. The lowest BCUT2D eigenvalue weighted by molar-refractivity contribution is 0.0663. The molecule has 0 radical (unpaired) electrons. The lowest BCUT2D eigenvalue weighted by Gasteiger charge is -2.23. The van der Waals surface area contributed by atoms with E-state index in [1.165, 1.54) is 0 Å². The van der Waals surface area contributed by atoms with Crippen LogP contribution in [0, 0.1) is 12.8 Å². The Morgan fingerprint density at radius 2 is 2.36 bits per heavy atom. The number of aryl methyl sites for hydroxylation is 1. The number of hydrogen-bond acceptors (Lipinski definition) is 4. The Hall–Kier alpha value is -2.08. The number of hydrogen-bond donors (Lipinski definition) is 0. The Bertz CT molecular complexity index is 647. The van der Waals surface area contributed by atoms with Crippen molar-refractivity contribution in [3.05, 3.63) is 41.5 Å². The number of carbonyl (C=O) groups excluding carboxylic acids is 1. The van der Waals surface area contributed by atoms with Crippen LogP contribution in [0.25, 0.3) is 0 Å². The molecular formula is C16H21N3O3. The fourth-order valence-corrected chi connectivity index (χ4v) is 2.92. The van der Waals surface area contributed by atoms with Crippen LogP contribution < -0.4 is 0 Å². The zero-order valence-electron chi connectivity index (χ0n) is 13.0. The van der Waals surface area contributed by atoms with Crippen molar-refractivity contribution in [2.45, 2.75) is 26.4 Å². The number of aromatic nitrogens is 2. The minimum absolute atomic E-state index is 0.0994. The predicted molar refractivity (Wildman–Crippen MR) is 80.4 cm³/mol. The van der Waals surface area contributed by atoms with E-state index in [2.05, 4.69) is 22.0 Å².